The predicted octanol–water partition coefficient (Wildman–Crippen LogP) is 4.09. The van der Waals surface area contributed by atoms with Gasteiger partial charge in [-0.1, -0.05) is 26.0 Å². The Hall–Kier alpha value is -2.17. The van der Waals surface area contributed by atoms with Crippen LogP contribution in [-0.2, 0) is 4.74 Å². The van der Waals surface area contributed by atoms with Gasteiger partial charge in [0.2, 0.25) is 11.7 Å². The normalized spacial score (nSPS) is 11.0. The highest BCUT2D eigenvalue weighted by molar-refractivity contribution is 5.88. The van der Waals surface area contributed by atoms with E-state index < -0.39 is 11.8 Å². The summed E-state index contributed by atoms with van der Waals surface area (Å²) in [6.45, 7) is 7.39. The number of nitrogens with zero attached hydrogens (tertiary/aromatic N) is 1. The Morgan fingerprint density at radius 3 is 2.76 bits per heavy atom. The SMILES string of the molecule is CCOC(=O)c1oc(-c2cccc(C)c2F)nc1C(C)C. The standard InChI is InChI=1S/C16H18FNO3/c1-5-20-16(19)14-13(9(2)3)18-15(21-14)11-8-6-7-10(4)12(11)17/h6-9H,5H2,1-4H3. The first-order valence-corrected chi connectivity index (χ1v) is 6.89. The second-order valence-electron chi connectivity index (χ2n) is 5.05. The quantitative estimate of drug-likeness (QED) is 0.796. The van der Waals surface area contributed by atoms with Crippen molar-refractivity contribution < 1.29 is 18.3 Å². The number of oxazole rings is 1. The lowest BCUT2D eigenvalue weighted by molar-refractivity contribution is 0.0488. The number of esters is 1. The van der Waals surface area contributed by atoms with E-state index in [2.05, 4.69) is 4.98 Å². The molecule has 0 spiro atoms. The molecule has 1 aromatic heterocycles. The van der Waals surface area contributed by atoms with Gasteiger partial charge in [-0.3, -0.25) is 0 Å². The highest BCUT2D eigenvalue weighted by atomic mass is 19.1. The zero-order valence-electron chi connectivity index (χ0n) is 12.6. The Morgan fingerprint density at radius 2 is 2.14 bits per heavy atom. The first-order chi connectivity index (χ1) is 9.95. The molecule has 2 aromatic rings. The van der Waals surface area contributed by atoms with Crippen LogP contribution in [-0.4, -0.2) is 17.6 Å². The number of benzene rings is 1. The van der Waals surface area contributed by atoms with Crippen LogP contribution in [0, 0.1) is 12.7 Å². The summed E-state index contributed by atoms with van der Waals surface area (Å²) in [4.78, 5) is 16.2. The van der Waals surface area contributed by atoms with Crippen molar-refractivity contribution in [3.8, 4) is 11.5 Å². The Labute approximate surface area is 122 Å². The third-order valence-corrected chi connectivity index (χ3v) is 3.08. The van der Waals surface area contributed by atoms with Crippen LogP contribution in [0.2, 0.25) is 0 Å². The molecular formula is C16H18FNO3. The van der Waals surface area contributed by atoms with Crippen molar-refractivity contribution in [2.75, 3.05) is 6.61 Å². The van der Waals surface area contributed by atoms with Gasteiger partial charge in [-0.25, -0.2) is 14.2 Å². The second-order valence-corrected chi connectivity index (χ2v) is 5.05. The molecule has 0 aliphatic rings. The molecule has 1 aromatic carbocycles. The summed E-state index contributed by atoms with van der Waals surface area (Å²) < 4.78 is 24.6. The number of aromatic nitrogens is 1. The van der Waals surface area contributed by atoms with Gasteiger partial charge in [0.15, 0.2) is 0 Å². The van der Waals surface area contributed by atoms with E-state index in [1.165, 1.54) is 0 Å². The average molecular weight is 291 g/mol. The first kappa shape index (κ1) is 15.2. The minimum absolute atomic E-state index is 0.0326. The van der Waals surface area contributed by atoms with Crippen molar-refractivity contribution in [2.45, 2.75) is 33.6 Å². The molecular weight excluding hydrogens is 273 g/mol. The number of hydrogen-bond donors (Lipinski definition) is 0. The van der Waals surface area contributed by atoms with Gasteiger partial charge < -0.3 is 9.15 Å². The van der Waals surface area contributed by atoms with Crippen molar-refractivity contribution in [3.05, 3.63) is 41.0 Å². The lowest BCUT2D eigenvalue weighted by Crippen LogP contribution is -2.07. The van der Waals surface area contributed by atoms with Crippen LogP contribution in [0.5, 0.6) is 0 Å². The average Bonchev–Trinajstić information content (AvgIpc) is 2.87. The van der Waals surface area contributed by atoms with Gasteiger partial charge in [-0.15, -0.1) is 0 Å². The Balaban J connectivity index is 2.54. The van der Waals surface area contributed by atoms with Crippen LogP contribution in [0.15, 0.2) is 22.6 Å². The van der Waals surface area contributed by atoms with Gasteiger partial charge in [0.05, 0.1) is 17.9 Å². The van der Waals surface area contributed by atoms with Gasteiger partial charge in [0.1, 0.15) is 5.82 Å². The number of halogens is 1. The van der Waals surface area contributed by atoms with E-state index in [4.69, 9.17) is 9.15 Å². The third kappa shape index (κ3) is 2.96. The predicted molar refractivity (Wildman–Crippen MR) is 76.7 cm³/mol. The molecule has 0 saturated carbocycles. The van der Waals surface area contributed by atoms with E-state index in [1.807, 2.05) is 13.8 Å². The first-order valence-electron chi connectivity index (χ1n) is 6.89. The fourth-order valence-electron chi connectivity index (χ4n) is 1.99. The maximum Gasteiger partial charge on any atom is 0.376 e. The number of hydrogen-bond acceptors (Lipinski definition) is 4. The molecule has 0 fully saturated rings. The highest BCUT2D eigenvalue weighted by Crippen LogP contribution is 2.29. The summed E-state index contributed by atoms with van der Waals surface area (Å²) in [5.74, 6) is -0.863. The Kier molecular flexibility index (Phi) is 4.40. The van der Waals surface area contributed by atoms with Crippen LogP contribution in [0.1, 0.15) is 48.5 Å². The Morgan fingerprint density at radius 1 is 1.43 bits per heavy atom. The molecule has 0 atom stereocenters. The zero-order valence-corrected chi connectivity index (χ0v) is 12.6. The van der Waals surface area contributed by atoms with E-state index in [1.54, 1.807) is 32.0 Å². The van der Waals surface area contributed by atoms with Crippen LogP contribution in [0.3, 0.4) is 0 Å². The molecule has 21 heavy (non-hydrogen) atoms. The van der Waals surface area contributed by atoms with Gasteiger partial charge in [-0.05, 0) is 31.4 Å². The number of aryl methyl sites for hydroxylation is 1. The summed E-state index contributed by atoms with van der Waals surface area (Å²) in [7, 11) is 0. The van der Waals surface area contributed by atoms with Gasteiger partial charge in [0, 0.05) is 0 Å². The maximum absolute atomic E-state index is 14.2. The number of carbonyl (C=O) groups is 1. The maximum atomic E-state index is 14.2. The van der Waals surface area contributed by atoms with E-state index in [0.29, 0.717) is 11.3 Å². The molecule has 0 unspecified atom stereocenters. The van der Waals surface area contributed by atoms with Crippen LogP contribution in [0.25, 0.3) is 11.5 Å². The summed E-state index contributed by atoms with van der Waals surface area (Å²) in [6, 6.07) is 4.96. The zero-order chi connectivity index (χ0) is 15.6. The number of carbonyl (C=O) groups excluding carboxylic acids is 1. The highest BCUT2D eigenvalue weighted by Gasteiger charge is 2.25. The topological polar surface area (TPSA) is 52.3 Å². The Bertz CT molecular complexity index is 662. The molecule has 112 valence electrons. The monoisotopic (exact) mass is 291 g/mol. The summed E-state index contributed by atoms with van der Waals surface area (Å²) in [6.07, 6.45) is 0. The summed E-state index contributed by atoms with van der Waals surface area (Å²) >= 11 is 0. The van der Waals surface area contributed by atoms with Gasteiger partial charge in [0.25, 0.3) is 0 Å². The molecule has 0 aliphatic heterocycles. The molecule has 0 N–H and O–H groups in total. The van der Waals surface area contributed by atoms with Crippen molar-refractivity contribution >= 4 is 5.97 Å². The van der Waals surface area contributed by atoms with Crippen molar-refractivity contribution in [2.24, 2.45) is 0 Å². The number of rotatable bonds is 4. The molecule has 0 radical (unpaired) electrons. The van der Waals surface area contributed by atoms with Crippen molar-refractivity contribution in [3.63, 3.8) is 0 Å². The molecule has 4 nitrogen and oxygen atoms in total. The lowest BCUT2D eigenvalue weighted by Gasteiger charge is -2.02. The van der Waals surface area contributed by atoms with E-state index in [-0.39, 0.29) is 29.7 Å². The number of ether oxygens (including phenoxy) is 1. The summed E-state index contributed by atoms with van der Waals surface area (Å²) in [5, 5.41) is 0. The molecule has 0 bridgehead atoms. The van der Waals surface area contributed by atoms with E-state index in [0.717, 1.165) is 0 Å². The van der Waals surface area contributed by atoms with E-state index >= 15 is 0 Å². The third-order valence-electron chi connectivity index (χ3n) is 3.08. The van der Waals surface area contributed by atoms with Crippen molar-refractivity contribution in [1.29, 1.82) is 0 Å². The molecule has 0 amide bonds. The van der Waals surface area contributed by atoms with Gasteiger partial charge >= 0.3 is 5.97 Å². The minimum atomic E-state index is -0.576. The van der Waals surface area contributed by atoms with Crippen molar-refractivity contribution in [1.82, 2.24) is 4.98 Å². The fraction of sp³-hybridized carbons (Fsp3) is 0.375. The lowest BCUT2D eigenvalue weighted by atomic mass is 10.1. The molecule has 0 aliphatic carbocycles. The summed E-state index contributed by atoms with van der Waals surface area (Å²) in [5.41, 5.74) is 1.21. The fourth-order valence-corrected chi connectivity index (χ4v) is 1.99. The van der Waals surface area contributed by atoms with Crippen LogP contribution in [0.4, 0.5) is 4.39 Å². The van der Waals surface area contributed by atoms with Crippen LogP contribution >= 0.6 is 0 Å². The molecule has 5 heteroatoms. The van der Waals surface area contributed by atoms with Gasteiger partial charge in [-0.2, -0.15) is 0 Å². The molecule has 0 saturated heterocycles. The van der Waals surface area contributed by atoms with Crippen LogP contribution < -0.4 is 0 Å². The smallest absolute Gasteiger partial charge is 0.376 e. The largest absolute Gasteiger partial charge is 0.460 e. The molecule has 2 rings (SSSR count). The van der Waals surface area contributed by atoms with E-state index in [9.17, 15) is 9.18 Å². The molecule has 1 heterocycles. The minimum Gasteiger partial charge on any atom is -0.460 e. The second kappa shape index (κ2) is 6.08.